The van der Waals surface area contributed by atoms with E-state index in [0.29, 0.717) is 60.3 Å². The minimum absolute atomic E-state index is 0.296. The zero-order chi connectivity index (χ0) is 32.2. The quantitative estimate of drug-likeness (QED) is 0.123. The topological polar surface area (TPSA) is 158 Å². The highest BCUT2D eigenvalue weighted by atomic mass is 19.1. The number of unbranched alkanes of at least 4 members (excludes halogenated alkanes) is 5. The molecule has 2 aliphatic heterocycles. The Balaban J connectivity index is 0.898. The van der Waals surface area contributed by atoms with Crippen LogP contribution in [0, 0.1) is 11.7 Å². The minimum Gasteiger partial charge on any atom is -0.384 e. The van der Waals surface area contributed by atoms with Crippen LogP contribution < -0.4 is 16.0 Å². The standard InChI is InChI=1S/C33H43FN8O4/c1-41-26(17-20-11-12-20)22(18-38-41)29-23(34)19-37-33(40-29)36-16-7-5-3-2-4-6-15-35-24-10-8-9-21-28(24)32(46)42(31(21)45)25-13-14-27(43)39-30(25)44/h8-10,18-20,25,27,30,35,39,43-44H,2-7,11-17H2,1H3,(H,36,37,40). The van der Waals surface area contributed by atoms with Crippen LogP contribution in [0.15, 0.2) is 30.6 Å². The third-order valence-electron chi connectivity index (χ3n) is 9.18. The maximum absolute atomic E-state index is 14.7. The first kappa shape index (κ1) is 32.0. The maximum Gasteiger partial charge on any atom is 0.264 e. The zero-order valence-electron chi connectivity index (χ0n) is 26.2. The predicted molar refractivity (Wildman–Crippen MR) is 170 cm³/mol. The van der Waals surface area contributed by atoms with Gasteiger partial charge in [0, 0.05) is 37.1 Å². The second-order valence-electron chi connectivity index (χ2n) is 12.6. The summed E-state index contributed by atoms with van der Waals surface area (Å²) >= 11 is 0. The Kier molecular flexibility index (Phi) is 9.90. The Morgan fingerprint density at radius 2 is 1.67 bits per heavy atom. The third-order valence-corrected chi connectivity index (χ3v) is 9.18. The normalized spacial score (nSPS) is 21.1. The number of carbonyl (C=O) groups excluding carboxylic acids is 2. The van der Waals surface area contributed by atoms with Crippen molar-refractivity contribution < 1.29 is 24.2 Å². The van der Waals surface area contributed by atoms with E-state index >= 15 is 0 Å². The van der Waals surface area contributed by atoms with Crippen molar-refractivity contribution in [2.75, 3.05) is 23.7 Å². The molecule has 6 rings (SSSR count). The number of aliphatic hydroxyl groups excluding tert-OH is 2. The highest BCUT2D eigenvalue weighted by Gasteiger charge is 2.45. The van der Waals surface area contributed by atoms with Crippen LogP contribution in [0.4, 0.5) is 16.0 Å². The number of halogens is 1. The lowest BCUT2D eigenvalue weighted by atomic mass is 10.0. The van der Waals surface area contributed by atoms with Crippen molar-refractivity contribution in [2.45, 2.75) is 89.1 Å². The summed E-state index contributed by atoms with van der Waals surface area (Å²) in [5.41, 5.74) is 3.35. The molecule has 1 aliphatic carbocycles. The van der Waals surface area contributed by atoms with E-state index < -0.39 is 36.1 Å². The van der Waals surface area contributed by atoms with Crippen LogP contribution in [0.3, 0.4) is 0 Å². The van der Waals surface area contributed by atoms with Gasteiger partial charge < -0.3 is 20.8 Å². The first-order valence-corrected chi connectivity index (χ1v) is 16.5. The number of hydrogen-bond donors (Lipinski definition) is 5. The van der Waals surface area contributed by atoms with E-state index in [-0.39, 0.29) is 0 Å². The molecule has 4 heterocycles. The largest absolute Gasteiger partial charge is 0.384 e. The molecule has 3 atom stereocenters. The molecule has 1 aromatic carbocycles. The SMILES string of the molecule is Cn1ncc(-c2nc(NCCCCCCCCNc3cccc4c3C(=O)N(C3CCC(O)NC3O)C4=O)ncc2F)c1CC1CC1. The Hall–Kier alpha value is -3.94. The molecule has 5 N–H and O–H groups in total. The number of nitrogens with one attached hydrogen (secondary N) is 3. The number of amides is 2. The summed E-state index contributed by atoms with van der Waals surface area (Å²) in [5.74, 6) is -0.207. The van der Waals surface area contributed by atoms with Gasteiger partial charge in [-0.05, 0) is 63.0 Å². The number of rotatable bonds is 15. The summed E-state index contributed by atoms with van der Waals surface area (Å²) in [6, 6.07) is 4.47. The van der Waals surface area contributed by atoms with E-state index in [0.717, 1.165) is 61.1 Å². The van der Waals surface area contributed by atoms with E-state index in [1.54, 1.807) is 24.4 Å². The average molecular weight is 635 g/mol. The molecule has 0 radical (unpaired) electrons. The third kappa shape index (κ3) is 7.06. The molecule has 2 fully saturated rings. The van der Waals surface area contributed by atoms with E-state index in [4.69, 9.17) is 0 Å². The lowest BCUT2D eigenvalue weighted by Gasteiger charge is -2.36. The Morgan fingerprint density at radius 1 is 0.935 bits per heavy atom. The fourth-order valence-corrected chi connectivity index (χ4v) is 6.42. The number of imide groups is 1. The fourth-order valence-electron chi connectivity index (χ4n) is 6.42. The maximum atomic E-state index is 14.7. The van der Waals surface area contributed by atoms with Gasteiger partial charge in [0.2, 0.25) is 5.95 Å². The van der Waals surface area contributed by atoms with Crippen LogP contribution in [-0.4, -0.2) is 78.3 Å². The Labute approximate surface area is 267 Å². The lowest BCUT2D eigenvalue weighted by Crippen LogP contribution is -2.58. The summed E-state index contributed by atoms with van der Waals surface area (Å²) in [5, 5.41) is 33.6. The first-order chi connectivity index (χ1) is 22.3. The molecular formula is C33H43FN8O4. The highest BCUT2D eigenvalue weighted by molar-refractivity contribution is 6.24. The number of anilines is 2. The summed E-state index contributed by atoms with van der Waals surface area (Å²) in [7, 11) is 1.89. The molecule has 1 saturated heterocycles. The summed E-state index contributed by atoms with van der Waals surface area (Å²) in [6.07, 6.45) is 10.9. The first-order valence-electron chi connectivity index (χ1n) is 16.5. The van der Waals surface area contributed by atoms with Gasteiger partial charge in [0.05, 0.1) is 29.6 Å². The monoisotopic (exact) mass is 634 g/mol. The van der Waals surface area contributed by atoms with Gasteiger partial charge in [-0.3, -0.25) is 24.5 Å². The van der Waals surface area contributed by atoms with E-state index in [9.17, 15) is 24.2 Å². The summed E-state index contributed by atoms with van der Waals surface area (Å²) in [6.45, 7) is 1.37. The molecule has 12 nitrogen and oxygen atoms in total. The van der Waals surface area contributed by atoms with Crippen molar-refractivity contribution in [1.82, 2.24) is 30.0 Å². The van der Waals surface area contributed by atoms with Crippen molar-refractivity contribution in [3.63, 3.8) is 0 Å². The summed E-state index contributed by atoms with van der Waals surface area (Å²) in [4.78, 5) is 36.1. The van der Waals surface area contributed by atoms with Crippen LogP contribution in [-0.2, 0) is 13.5 Å². The van der Waals surface area contributed by atoms with Crippen molar-refractivity contribution in [3.05, 3.63) is 53.2 Å². The number of aryl methyl sites for hydroxylation is 1. The van der Waals surface area contributed by atoms with Crippen molar-refractivity contribution >= 4 is 23.5 Å². The minimum atomic E-state index is -1.18. The number of benzene rings is 1. The molecule has 0 spiro atoms. The van der Waals surface area contributed by atoms with Gasteiger partial charge in [-0.15, -0.1) is 0 Å². The average Bonchev–Trinajstić information content (AvgIpc) is 3.74. The van der Waals surface area contributed by atoms with Gasteiger partial charge in [0.25, 0.3) is 11.8 Å². The second-order valence-corrected chi connectivity index (χ2v) is 12.6. The highest BCUT2D eigenvalue weighted by Crippen LogP contribution is 2.36. The number of fused-ring (bicyclic) bond motifs is 1. The molecule has 46 heavy (non-hydrogen) atoms. The van der Waals surface area contributed by atoms with E-state index in [1.165, 1.54) is 19.0 Å². The number of hydrogen-bond acceptors (Lipinski definition) is 10. The number of nitrogens with zero attached hydrogens (tertiary/aromatic N) is 5. The number of piperidine rings is 1. The van der Waals surface area contributed by atoms with Crippen molar-refractivity contribution in [2.24, 2.45) is 13.0 Å². The van der Waals surface area contributed by atoms with E-state index in [2.05, 4.69) is 31.0 Å². The molecule has 1 saturated carbocycles. The molecular weight excluding hydrogens is 591 g/mol. The smallest absolute Gasteiger partial charge is 0.264 e. The second kappa shape index (κ2) is 14.2. The molecule has 13 heteroatoms. The molecule has 0 bridgehead atoms. The van der Waals surface area contributed by atoms with Crippen LogP contribution in [0.1, 0.15) is 90.6 Å². The van der Waals surface area contributed by atoms with Gasteiger partial charge in [0.1, 0.15) is 18.1 Å². The number of carbonyl (C=O) groups is 2. The van der Waals surface area contributed by atoms with Gasteiger partial charge in [0.15, 0.2) is 5.82 Å². The molecule has 3 unspecified atom stereocenters. The molecule has 2 amide bonds. The Bertz CT molecular complexity index is 1560. The van der Waals surface area contributed by atoms with Crippen LogP contribution >= 0.6 is 0 Å². The number of aliphatic hydroxyl groups is 2. The molecule has 3 aliphatic rings. The van der Waals surface area contributed by atoms with Crippen molar-refractivity contribution in [3.8, 4) is 11.3 Å². The Morgan fingerprint density at radius 3 is 2.41 bits per heavy atom. The van der Waals surface area contributed by atoms with Crippen LogP contribution in [0.25, 0.3) is 11.3 Å². The number of aromatic nitrogens is 4. The van der Waals surface area contributed by atoms with Crippen molar-refractivity contribution in [1.29, 1.82) is 0 Å². The zero-order valence-corrected chi connectivity index (χ0v) is 26.2. The van der Waals surface area contributed by atoms with Crippen LogP contribution in [0.5, 0.6) is 0 Å². The van der Waals surface area contributed by atoms with Gasteiger partial charge in [-0.2, -0.15) is 5.10 Å². The van der Waals surface area contributed by atoms with Gasteiger partial charge >= 0.3 is 0 Å². The summed E-state index contributed by atoms with van der Waals surface area (Å²) < 4.78 is 16.5. The fraction of sp³-hybridized carbons (Fsp3) is 0.545. The predicted octanol–water partition coefficient (Wildman–Crippen LogP) is 3.82. The van der Waals surface area contributed by atoms with Crippen LogP contribution in [0.2, 0.25) is 0 Å². The molecule has 2 aromatic heterocycles. The van der Waals surface area contributed by atoms with Gasteiger partial charge in [-0.25, -0.2) is 14.4 Å². The van der Waals surface area contributed by atoms with E-state index in [1.807, 2.05) is 11.7 Å². The van der Waals surface area contributed by atoms with Gasteiger partial charge in [-0.1, -0.05) is 31.7 Å². The molecule has 3 aromatic rings. The lowest BCUT2D eigenvalue weighted by molar-refractivity contribution is -0.0413. The molecule has 246 valence electrons.